The Morgan fingerprint density at radius 2 is 1.72 bits per heavy atom. The number of hydrogen-bond acceptors (Lipinski definition) is 1. The summed E-state index contributed by atoms with van der Waals surface area (Å²) in [6.45, 7) is 1.53. The van der Waals surface area contributed by atoms with Crippen LogP contribution in [0.25, 0.3) is 0 Å². The van der Waals surface area contributed by atoms with Crippen LogP contribution in [-0.4, -0.2) is 5.11 Å². The fourth-order valence-electron chi connectivity index (χ4n) is 1.88. The van der Waals surface area contributed by atoms with Crippen LogP contribution in [0.5, 0.6) is 0 Å². The molecule has 1 atom stereocenters. The lowest BCUT2D eigenvalue weighted by atomic mass is 9.88. The van der Waals surface area contributed by atoms with Crippen LogP contribution in [-0.2, 0) is 5.60 Å². The van der Waals surface area contributed by atoms with Gasteiger partial charge in [0.25, 0.3) is 0 Å². The predicted molar refractivity (Wildman–Crippen MR) is 74.2 cm³/mol. The van der Waals surface area contributed by atoms with Gasteiger partial charge in [-0.05, 0) is 35.0 Å². The molecule has 18 heavy (non-hydrogen) atoms. The molecule has 0 saturated carbocycles. The van der Waals surface area contributed by atoms with Crippen LogP contribution in [0.4, 0.5) is 4.39 Å². The Morgan fingerprint density at radius 1 is 1.11 bits per heavy atom. The van der Waals surface area contributed by atoms with E-state index in [2.05, 4.69) is 15.9 Å². The maximum absolute atomic E-state index is 14.1. The molecule has 0 spiro atoms. The molecule has 2 rings (SSSR count). The Bertz CT molecular complexity index is 584. The number of benzene rings is 2. The molecular weight excluding hydrogens is 319 g/mol. The van der Waals surface area contributed by atoms with Gasteiger partial charge in [-0.3, -0.25) is 0 Å². The Hall–Kier alpha value is -0.900. The van der Waals surface area contributed by atoms with Crippen molar-refractivity contribution >= 4 is 27.5 Å². The molecule has 0 radical (unpaired) electrons. The summed E-state index contributed by atoms with van der Waals surface area (Å²) in [5.74, 6) is -0.484. The normalized spacial score (nSPS) is 14.3. The molecule has 0 amide bonds. The zero-order valence-corrected chi connectivity index (χ0v) is 12.0. The van der Waals surface area contributed by atoms with Gasteiger partial charge < -0.3 is 5.11 Å². The van der Waals surface area contributed by atoms with Crippen molar-refractivity contribution in [1.82, 2.24) is 0 Å². The van der Waals surface area contributed by atoms with Crippen LogP contribution < -0.4 is 0 Å². The van der Waals surface area contributed by atoms with E-state index in [1.54, 1.807) is 42.5 Å². The molecular formula is C14H11BrClFO. The topological polar surface area (TPSA) is 20.2 Å². The summed E-state index contributed by atoms with van der Waals surface area (Å²) in [7, 11) is 0. The Labute approximate surface area is 118 Å². The van der Waals surface area contributed by atoms with E-state index >= 15 is 0 Å². The third-order valence-corrected chi connectivity index (χ3v) is 3.82. The van der Waals surface area contributed by atoms with Gasteiger partial charge in [0, 0.05) is 16.1 Å². The smallest absolute Gasteiger partial charge is 0.143 e. The summed E-state index contributed by atoms with van der Waals surface area (Å²) in [4.78, 5) is 0. The number of aliphatic hydroxyl groups is 1. The van der Waals surface area contributed by atoms with E-state index in [0.717, 1.165) is 0 Å². The minimum absolute atomic E-state index is 0.185. The number of hydrogen-bond donors (Lipinski definition) is 1. The van der Waals surface area contributed by atoms with E-state index in [9.17, 15) is 9.50 Å². The summed E-state index contributed by atoms with van der Waals surface area (Å²) in [6, 6.07) is 11.7. The van der Waals surface area contributed by atoms with Crippen molar-refractivity contribution in [2.24, 2.45) is 0 Å². The first-order chi connectivity index (χ1) is 8.44. The molecule has 0 heterocycles. The lowest BCUT2D eigenvalue weighted by molar-refractivity contribution is 0.0979. The fraction of sp³-hybridized carbons (Fsp3) is 0.143. The van der Waals surface area contributed by atoms with Crippen molar-refractivity contribution in [3.8, 4) is 0 Å². The van der Waals surface area contributed by atoms with Gasteiger partial charge >= 0.3 is 0 Å². The number of halogens is 3. The second kappa shape index (κ2) is 5.00. The van der Waals surface area contributed by atoms with Gasteiger partial charge in [0.1, 0.15) is 11.4 Å². The van der Waals surface area contributed by atoms with Gasteiger partial charge in [-0.15, -0.1) is 0 Å². The first-order valence-corrected chi connectivity index (χ1v) is 6.53. The van der Waals surface area contributed by atoms with Crippen LogP contribution in [0, 0.1) is 5.82 Å². The molecule has 0 aliphatic rings. The standard InChI is InChI=1S/C14H11BrClFO/c1-14(18,9-5-2-3-8-12(9)16)10-6-4-7-11(15)13(10)17/h2-8,18H,1H3. The number of rotatable bonds is 2. The highest BCUT2D eigenvalue weighted by Crippen LogP contribution is 2.36. The van der Waals surface area contributed by atoms with Gasteiger partial charge in [0.15, 0.2) is 0 Å². The summed E-state index contributed by atoms with van der Waals surface area (Å²) in [5, 5.41) is 11.0. The molecule has 1 N–H and O–H groups in total. The molecule has 0 bridgehead atoms. The largest absolute Gasteiger partial charge is 0.381 e. The van der Waals surface area contributed by atoms with Gasteiger partial charge in [-0.25, -0.2) is 4.39 Å². The third kappa shape index (κ3) is 2.30. The molecule has 0 aliphatic carbocycles. The first-order valence-electron chi connectivity index (χ1n) is 5.36. The molecule has 2 aromatic rings. The van der Waals surface area contributed by atoms with E-state index in [-0.39, 0.29) is 5.56 Å². The van der Waals surface area contributed by atoms with Gasteiger partial charge in [0.05, 0.1) is 4.47 Å². The minimum Gasteiger partial charge on any atom is -0.381 e. The molecule has 0 fully saturated rings. The maximum atomic E-state index is 14.1. The van der Waals surface area contributed by atoms with Crippen molar-refractivity contribution in [1.29, 1.82) is 0 Å². The molecule has 4 heteroatoms. The lowest BCUT2D eigenvalue weighted by Crippen LogP contribution is -2.24. The summed E-state index contributed by atoms with van der Waals surface area (Å²) < 4.78 is 14.4. The predicted octanol–water partition coefficient (Wildman–Crippen LogP) is 4.50. The van der Waals surface area contributed by atoms with Crippen LogP contribution in [0.3, 0.4) is 0 Å². The van der Waals surface area contributed by atoms with Crippen molar-refractivity contribution < 1.29 is 9.50 Å². The summed E-state index contributed by atoms with van der Waals surface area (Å²) >= 11 is 9.17. The Kier molecular flexibility index (Phi) is 3.76. The summed E-state index contributed by atoms with van der Waals surface area (Å²) in [5.41, 5.74) is -0.819. The molecule has 2 aromatic carbocycles. The van der Waals surface area contributed by atoms with Crippen molar-refractivity contribution in [2.45, 2.75) is 12.5 Å². The van der Waals surface area contributed by atoms with E-state index in [1.165, 1.54) is 6.92 Å². The molecule has 94 valence electrons. The van der Waals surface area contributed by atoms with Gasteiger partial charge in [0.2, 0.25) is 0 Å². The van der Waals surface area contributed by atoms with Crippen LogP contribution in [0.1, 0.15) is 18.1 Å². The Balaban J connectivity index is 2.62. The SMILES string of the molecule is CC(O)(c1ccccc1Cl)c1cccc(Br)c1F. The highest BCUT2D eigenvalue weighted by molar-refractivity contribution is 9.10. The average molecular weight is 330 g/mol. The minimum atomic E-state index is -1.48. The zero-order chi connectivity index (χ0) is 13.3. The maximum Gasteiger partial charge on any atom is 0.143 e. The molecule has 0 aromatic heterocycles. The molecule has 1 nitrogen and oxygen atoms in total. The van der Waals surface area contributed by atoms with E-state index in [4.69, 9.17) is 11.6 Å². The monoisotopic (exact) mass is 328 g/mol. The quantitative estimate of drug-likeness (QED) is 0.860. The Morgan fingerprint density at radius 3 is 2.39 bits per heavy atom. The molecule has 1 unspecified atom stereocenters. The second-order valence-electron chi connectivity index (χ2n) is 4.15. The van der Waals surface area contributed by atoms with E-state index in [1.807, 2.05) is 0 Å². The van der Waals surface area contributed by atoms with Gasteiger partial charge in [-0.2, -0.15) is 0 Å². The lowest BCUT2D eigenvalue weighted by Gasteiger charge is -2.26. The van der Waals surface area contributed by atoms with Crippen LogP contribution in [0.15, 0.2) is 46.9 Å². The third-order valence-electron chi connectivity index (χ3n) is 2.87. The fourth-order valence-corrected chi connectivity index (χ4v) is 2.57. The zero-order valence-electron chi connectivity index (χ0n) is 9.62. The molecule has 0 saturated heterocycles. The van der Waals surface area contributed by atoms with Crippen molar-refractivity contribution in [2.75, 3.05) is 0 Å². The highest BCUT2D eigenvalue weighted by atomic mass is 79.9. The van der Waals surface area contributed by atoms with Gasteiger partial charge in [-0.1, -0.05) is 41.9 Å². The summed E-state index contributed by atoms with van der Waals surface area (Å²) in [6.07, 6.45) is 0. The van der Waals surface area contributed by atoms with E-state index in [0.29, 0.717) is 15.1 Å². The van der Waals surface area contributed by atoms with Crippen LogP contribution in [0.2, 0.25) is 5.02 Å². The first kappa shape index (κ1) is 13.5. The highest BCUT2D eigenvalue weighted by Gasteiger charge is 2.31. The van der Waals surface area contributed by atoms with Crippen LogP contribution >= 0.6 is 27.5 Å². The second-order valence-corrected chi connectivity index (χ2v) is 5.41. The van der Waals surface area contributed by atoms with Crippen molar-refractivity contribution in [3.05, 3.63) is 68.9 Å². The average Bonchev–Trinajstić information content (AvgIpc) is 2.32. The van der Waals surface area contributed by atoms with Crippen molar-refractivity contribution in [3.63, 3.8) is 0 Å². The van der Waals surface area contributed by atoms with E-state index < -0.39 is 11.4 Å². The molecule has 0 aliphatic heterocycles.